The van der Waals surface area contributed by atoms with Crippen molar-refractivity contribution in [1.29, 1.82) is 0 Å². The van der Waals surface area contributed by atoms with E-state index in [0.717, 1.165) is 19.3 Å². The molecule has 2 N–H and O–H groups in total. The summed E-state index contributed by atoms with van der Waals surface area (Å²) in [5, 5.41) is 5.62. The summed E-state index contributed by atoms with van der Waals surface area (Å²) in [4.78, 5) is 25.1. The Balaban J connectivity index is 1.35. The van der Waals surface area contributed by atoms with Crippen molar-refractivity contribution in [2.45, 2.75) is 30.7 Å². The van der Waals surface area contributed by atoms with Crippen LogP contribution >= 0.6 is 0 Å². The molecule has 0 aliphatic carbocycles. The fourth-order valence-electron chi connectivity index (χ4n) is 3.85. The lowest BCUT2D eigenvalue weighted by molar-refractivity contribution is 0.0950. The van der Waals surface area contributed by atoms with Gasteiger partial charge in [0.2, 0.25) is 10.0 Å². The summed E-state index contributed by atoms with van der Waals surface area (Å²) in [6, 6.07) is 22.2. The molecule has 8 heteroatoms. The van der Waals surface area contributed by atoms with Crippen LogP contribution in [0.25, 0.3) is 0 Å². The first kappa shape index (κ1) is 23.7. The second kappa shape index (κ2) is 10.6. The Labute approximate surface area is 199 Å². The van der Waals surface area contributed by atoms with Gasteiger partial charge in [-0.2, -0.15) is 4.31 Å². The van der Waals surface area contributed by atoms with Gasteiger partial charge in [-0.25, -0.2) is 8.42 Å². The van der Waals surface area contributed by atoms with Gasteiger partial charge in [0.15, 0.2) is 0 Å². The summed E-state index contributed by atoms with van der Waals surface area (Å²) in [5.74, 6) is -0.512. The molecule has 0 aromatic heterocycles. The molecule has 34 heavy (non-hydrogen) atoms. The van der Waals surface area contributed by atoms with Crippen LogP contribution in [0.1, 0.15) is 45.5 Å². The molecule has 0 spiro atoms. The Morgan fingerprint density at radius 3 is 2.15 bits per heavy atom. The SMILES string of the molecule is O=C(NCc1cccc(S(=O)(=O)N2CCCCC2)c1)c1ccc(NC(=O)c2ccccc2)cc1. The Hall–Kier alpha value is -3.49. The van der Waals surface area contributed by atoms with E-state index in [4.69, 9.17) is 0 Å². The molecule has 0 bridgehead atoms. The van der Waals surface area contributed by atoms with E-state index in [2.05, 4.69) is 10.6 Å². The zero-order valence-electron chi connectivity index (χ0n) is 18.7. The molecule has 1 saturated heterocycles. The van der Waals surface area contributed by atoms with E-state index in [1.54, 1.807) is 72.8 Å². The van der Waals surface area contributed by atoms with Crippen molar-refractivity contribution >= 4 is 27.5 Å². The van der Waals surface area contributed by atoms with Crippen molar-refractivity contribution in [3.05, 3.63) is 95.6 Å². The number of amides is 2. The number of sulfonamides is 1. The predicted molar refractivity (Wildman–Crippen MR) is 131 cm³/mol. The highest BCUT2D eigenvalue weighted by Crippen LogP contribution is 2.21. The molecule has 0 saturated carbocycles. The van der Waals surface area contributed by atoms with Gasteiger partial charge in [-0.15, -0.1) is 0 Å². The molecule has 0 radical (unpaired) electrons. The van der Waals surface area contributed by atoms with E-state index in [1.807, 2.05) is 6.07 Å². The van der Waals surface area contributed by atoms with Gasteiger partial charge in [0, 0.05) is 36.4 Å². The lowest BCUT2D eigenvalue weighted by Crippen LogP contribution is -2.35. The largest absolute Gasteiger partial charge is 0.348 e. The first-order chi connectivity index (χ1) is 16.4. The van der Waals surface area contributed by atoms with Gasteiger partial charge in [-0.05, 0) is 66.9 Å². The molecule has 1 aliphatic heterocycles. The Morgan fingerprint density at radius 2 is 1.44 bits per heavy atom. The third kappa shape index (κ3) is 5.70. The lowest BCUT2D eigenvalue weighted by Gasteiger charge is -2.26. The van der Waals surface area contributed by atoms with Gasteiger partial charge in [0.25, 0.3) is 11.8 Å². The van der Waals surface area contributed by atoms with Crippen LogP contribution in [0.3, 0.4) is 0 Å². The van der Waals surface area contributed by atoms with E-state index >= 15 is 0 Å². The van der Waals surface area contributed by atoms with E-state index < -0.39 is 10.0 Å². The highest BCUT2D eigenvalue weighted by atomic mass is 32.2. The van der Waals surface area contributed by atoms with Crippen molar-refractivity contribution in [1.82, 2.24) is 9.62 Å². The minimum absolute atomic E-state index is 0.203. The number of carbonyl (C=O) groups excluding carboxylic acids is 2. The Kier molecular flexibility index (Phi) is 7.40. The molecule has 2 amide bonds. The van der Waals surface area contributed by atoms with Crippen LogP contribution in [0.15, 0.2) is 83.8 Å². The summed E-state index contributed by atoms with van der Waals surface area (Å²) in [7, 11) is -3.52. The Bertz CT molecular complexity index is 1250. The number of piperidine rings is 1. The maximum absolute atomic E-state index is 12.9. The second-order valence-corrected chi connectivity index (χ2v) is 10.1. The van der Waals surface area contributed by atoms with Crippen LogP contribution in [-0.4, -0.2) is 37.6 Å². The molecule has 7 nitrogen and oxygen atoms in total. The molecule has 3 aromatic carbocycles. The predicted octanol–water partition coefficient (Wildman–Crippen LogP) is 4.04. The fraction of sp³-hybridized carbons (Fsp3) is 0.231. The van der Waals surface area contributed by atoms with Crippen molar-refractivity contribution in [2.75, 3.05) is 18.4 Å². The molecule has 0 atom stereocenters. The maximum atomic E-state index is 12.9. The number of benzene rings is 3. The molecule has 3 aromatic rings. The maximum Gasteiger partial charge on any atom is 0.255 e. The van der Waals surface area contributed by atoms with Crippen molar-refractivity contribution in [3.8, 4) is 0 Å². The molecule has 1 fully saturated rings. The van der Waals surface area contributed by atoms with E-state index in [9.17, 15) is 18.0 Å². The number of hydrogen-bond donors (Lipinski definition) is 2. The normalized spacial score (nSPS) is 14.4. The number of nitrogens with one attached hydrogen (secondary N) is 2. The first-order valence-corrected chi connectivity index (χ1v) is 12.7. The van der Waals surface area contributed by atoms with Crippen LogP contribution in [0.5, 0.6) is 0 Å². The van der Waals surface area contributed by atoms with Crippen LogP contribution in [0, 0.1) is 0 Å². The second-order valence-electron chi connectivity index (χ2n) is 8.19. The summed E-state index contributed by atoms with van der Waals surface area (Å²) in [6.07, 6.45) is 2.81. The third-order valence-electron chi connectivity index (χ3n) is 5.75. The van der Waals surface area contributed by atoms with Crippen molar-refractivity contribution in [3.63, 3.8) is 0 Å². The molecule has 176 valence electrons. The summed E-state index contributed by atoms with van der Waals surface area (Å²) in [5.41, 5.74) is 2.28. The van der Waals surface area contributed by atoms with Gasteiger partial charge in [0.1, 0.15) is 0 Å². The lowest BCUT2D eigenvalue weighted by atomic mass is 10.1. The van der Waals surface area contributed by atoms with Crippen LogP contribution in [0.2, 0.25) is 0 Å². The van der Waals surface area contributed by atoms with Gasteiger partial charge >= 0.3 is 0 Å². The molecule has 1 heterocycles. The first-order valence-electron chi connectivity index (χ1n) is 11.3. The number of hydrogen-bond acceptors (Lipinski definition) is 4. The van der Waals surface area contributed by atoms with Crippen molar-refractivity contribution < 1.29 is 18.0 Å². The summed E-state index contributed by atoms with van der Waals surface area (Å²) >= 11 is 0. The molecular formula is C26H27N3O4S. The zero-order valence-corrected chi connectivity index (χ0v) is 19.6. The van der Waals surface area contributed by atoms with Crippen LogP contribution in [-0.2, 0) is 16.6 Å². The fourth-order valence-corrected chi connectivity index (χ4v) is 5.44. The van der Waals surface area contributed by atoms with Gasteiger partial charge < -0.3 is 10.6 Å². The van der Waals surface area contributed by atoms with E-state index in [1.165, 1.54) is 4.31 Å². The number of nitrogens with zero attached hydrogens (tertiary/aromatic N) is 1. The average Bonchev–Trinajstić information content (AvgIpc) is 2.89. The zero-order chi connectivity index (χ0) is 24.0. The molecular weight excluding hydrogens is 450 g/mol. The van der Waals surface area contributed by atoms with Gasteiger partial charge in [-0.1, -0.05) is 36.8 Å². The number of carbonyl (C=O) groups is 2. The van der Waals surface area contributed by atoms with Crippen molar-refractivity contribution in [2.24, 2.45) is 0 Å². The molecule has 4 rings (SSSR count). The van der Waals surface area contributed by atoms with E-state index in [-0.39, 0.29) is 23.3 Å². The van der Waals surface area contributed by atoms with Crippen LogP contribution < -0.4 is 10.6 Å². The summed E-state index contributed by atoms with van der Waals surface area (Å²) < 4.78 is 27.3. The minimum Gasteiger partial charge on any atom is -0.348 e. The molecule has 0 unspecified atom stereocenters. The highest BCUT2D eigenvalue weighted by Gasteiger charge is 2.26. The van der Waals surface area contributed by atoms with Gasteiger partial charge in [0.05, 0.1) is 4.90 Å². The monoisotopic (exact) mass is 477 g/mol. The number of rotatable bonds is 7. The van der Waals surface area contributed by atoms with E-state index in [0.29, 0.717) is 35.5 Å². The van der Waals surface area contributed by atoms with Gasteiger partial charge in [-0.3, -0.25) is 9.59 Å². The number of anilines is 1. The van der Waals surface area contributed by atoms with Crippen LogP contribution in [0.4, 0.5) is 5.69 Å². The smallest absolute Gasteiger partial charge is 0.255 e. The third-order valence-corrected chi connectivity index (χ3v) is 7.64. The summed E-state index contributed by atoms with van der Waals surface area (Å²) in [6.45, 7) is 1.30. The quantitative estimate of drug-likeness (QED) is 0.537. The Morgan fingerprint density at radius 1 is 0.765 bits per heavy atom. The average molecular weight is 478 g/mol. The standard InChI is InChI=1S/C26H27N3O4S/c30-25(22-12-14-23(15-13-22)28-26(31)21-9-3-1-4-10-21)27-19-20-8-7-11-24(18-20)34(32,33)29-16-5-2-6-17-29/h1,3-4,7-15,18H,2,5-6,16-17,19H2,(H,27,30)(H,28,31). The topological polar surface area (TPSA) is 95.6 Å². The molecule has 1 aliphatic rings. The highest BCUT2D eigenvalue weighted by molar-refractivity contribution is 7.89. The minimum atomic E-state index is -3.52.